The molecule has 0 saturated heterocycles. The first-order chi connectivity index (χ1) is 8.63. The van der Waals surface area contributed by atoms with Crippen molar-refractivity contribution < 1.29 is 19.8 Å². The Kier molecular flexibility index (Phi) is 3.02. The normalized spacial score (nSPS) is 10.1. The van der Waals surface area contributed by atoms with Crippen molar-refractivity contribution >= 4 is 11.7 Å². The first kappa shape index (κ1) is 11.7. The molecule has 0 saturated carbocycles. The summed E-state index contributed by atoms with van der Waals surface area (Å²) in [5.74, 6) is 3.57. The summed E-state index contributed by atoms with van der Waals surface area (Å²) in [6.07, 6.45) is 2.69. The molecule has 2 aromatic heterocycles. The Morgan fingerprint density at radius 2 is 2.00 bits per heavy atom. The van der Waals surface area contributed by atoms with Gasteiger partial charge in [0.2, 0.25) is 11.8 Å². The lowest BCUT2D eigenvalue weighted by atomic mass is 10.2. The van der Waals surface area contributed by atoms with Crippen LogP contribution in [0.2, 0.25) is 0 Å². The maximum atomic E-state index is 11.8. The third-order valence-electron chi connectivity index (χ3n) is 2.17. The molecule has 0 fully saturated rings. The van der Waals surface area contributed by atoms with Crippen molar-refractivity contribution in [3.8, 4) is 11.8 Å². The van der Waals surface area contributed by atoms with E-state index in [9.17, 15) is 15.0 Å². The topological polar surface area (TPSA) is 123 Å². The van der Waals surface area contributed by atoms with Crippen LogP contribution in [0.25, 0.3) is 0 Å². The Hall–Kier alpha value is -2.74. The van der Waals surface area contributed by atoms with Gasteiger partial charge in [-0.15, -0.1) is 4.73 Å². The number of hydrogen-bond acceptors (Lipinski definition) is 7. The number of hydrazine groups is 1. The molecular weight excluding hydrogens is 240 g/mol. The van der Waals surface area contributed by atoms with Crippen LogP contribution in [-0.2, 0) is 0 Å². The van der Waals surface area contributed by atoms with Crippen molar-refractivity contribution in [2.24, 2.45) is 5.84 Å². The minimum absolute atomic E-state index is 0.0625. The molecule has 0 amide bonds. The molecule has 0 radical (unpaired) electrons. The van der Waals surface area contributed by atoms with Crippen LogP contribution in [0.15, 0.2) is 30.6 Å². The van der Waals surface area contributed by atoms with Gasteiger partial charge in [0.05, 0.1) is 5.69 Å². The highest BCUT2D eigenvalue weighted by Gasteiger charge is 2.17. The number of nitrogen functional groups attached to an aromatic ring is 1. The highest BCUT2D eigenvalue weighted by Crippen LogP contribution is 2.20. The van der Waals surface area contributed by atoms with Crippen LogP contribution in [-0.4, -0.2) is 25.9 Å². The molecule has 0 aliphatic rings. The van der Waals surface area contributed by atoms with Gasteiger partial charge in [0, 0.05) is 24.5 Å². The second-order valence-corrected chi connectivity index (χ2v) is 3.29. The lowest BCUT2D eigenvalue weighted by molar-refractivity contribution is 0.0382. The van der Waals surface area contributed by atoms with Gasteiger partial charge in [0.15, 0.2) is 0 Å². The van der Waals surface area contributed by atoms with E-state index in [0.717, 1.165) is 0 Å². The number of aromatic hydroxyl groups is 2. The van der Waals surface area contributed by atoms with Gasteiger partial charge in [0.1, 0.15) is 5.56 Å². The maximum absolute atomic E-state index is 11.8. The number of hydrogen-bond donors (Lipinski definition) is 4. The summed E-state index contributed by atoms with van der Waals surface area (Å²) in [7, 11) is 0. The summed E-state index contributed by atoms with van der Waals surface area (Å²) in [5, 5.41) is 18.6. The molecule has 18 heavy (non-hydrogen) atoms. The Morgan fingerprint density at radius 3 is 2.61 bits per heavy atom. The van der Waals surface area contributed by atoms with E-state index in [1.54, 1.807) is 0 Å². The van der Waals surface area contributed by atoms with E-state index in [2.05, 4.69) is 10.4 Å². The van der Waals surface area contributed by atoms with Crippen LogP contribution in [0, 0.1) is 0 Å². The van der Waals surface area contributed by atoms with Crippen LogP contribution in [0.1, 0.15) is 10.4 Å². The molecule has 94 valence electrons. The molecule has 0 atom stereocenters. The Bertz CT molecular complexity index is 562. The first-order valence-electron chi connectivity index (χ1n) is 4.86. The maximum Gasteiger partial charge on any atom is 0.367 e. The van der Waals surface area contributed by atoms with E-state index in [-0.39, 0.29) is 5.56 Å². The predicted octanol–water partition coefficient (Wildman–Crippen LogP) is -0.151. The van der Waals surface area contributed by atoms with Gasteiger partial charge in [0.25, 0.3) is 0 Å². The standard InChI is InChI=1S/C10H10N4O4/c11-13-7-3-4-12-5-6(7)10(17)18-14-8(15)1-2-9(14)16/h1-5,15-16H,11H2,(H,12,13). The molecule has 5 N–H and O–H groups in total. The van der Waals surface area contributed by atoms with Crippen LogP contribution < -0.4 is 16.1 Å². The first-order valence-corrected chi connectivity index (χ1v) is 4.86. The molecule has 2 heterocycles. The van der Waals surface area contributed by atoms with Crippen LogP contribution >= 0.6 is 0 Å². The molecule has 0 unspecified atom stereocenters. The Balaban J connectivity index is 2.28. The monoisotopic (exact) mass is 250 g/mol. The number of aromatic nitrogens is 2. The van der Waals surface area contributed by atoms with E-state index >= 15 is 0 Å². The number of pyridine rings is 1. The molecule has 8 nitrogen and oxygen atoms in total. The Morgan fingerprint density at radius 1 is 1.33 bits per heavy atom. The summed E-state index contributed by atoms with van der Waals surface area (Å²) in [4.78, 5) is 20.3. The number of nitrogens with two attached hydrogens (primary N) is 1. The highest BCUT2D eigenvalue weighted by atomic mass is 16.7. The van der Waals surface area contributed by atoms with Crippen LogP contribution in [0.5, 0.6) is 11.8 Å². The van der Waals surface area contributed by atoms with Crippen LogP contribution in [0.3, 0.4) is 0 Å². The summed E-state index contributed by atoms with van der Waals surface area (Å²) < 4.78 is 0.579. The highest BCUT2D eigenvalue weighted by molar-refractivity contribution is 5.95. The zero-order valence-electron chi connectivity index (χ0n) is 9.07. The van der Waals surface area contributed by atoms with Crippen molar-refractivity contribution in [3.63, 3.8) is 0 Å². The molecule has 0 aromatic carbocycles. The number of nitrogens with one attached hydrogen (secondary N) is 1. The molecule has 2 rings (SSSR count). The molecule has 0 aliphatic heterocycles. The molecule has 0 bridgehead atoms. The summed E-state index contributed by atoms with van der Waals surface area (Å²) in [6, 6.07) is 3.83. The number of carbonyl (C=O) groups excluding carboxylic acids is 1. The van der Waals surface area contributed by atoms with Gasteiger partial charge >= 0.3 is 5.97 Å². The van der Waals surface area contributed by atoms with E-state index < -0.39 is 17.7 Å². The average Bonchev–Trinajstić information content (AvgIpc) is 2.70. The fraction of sp³-hybridized carbons (Fsp3) is 0. The zero-order valence-corrected chi connectivity index (χ0v) is 9.07. The number of anilines is 1. The van der Waals surface area contributed by atoms with Gasteiger partial charge < -0.3 is 20.5 Å². The van der Waals surface area contributed by atoms with Gasteiger partial charge in [-0.25, -0.2) is 4.79 Å². The van der Waals surface area contributed by atoms with E-state index in [0.29, 0.717) is 10.4 Å². The van der Waals surface area contributed by atoms with E-state index in [4.69, 9.17) is 10.7 Å². The lowest BCUT2D eigenvalue weighted by Crippen LogP contribution is -2.21. The van der Waals surface area contributed by atoms with Crippen molar-refractivity contribution in [1.82, 2.24) is 9.71 Å². The smallest absolute Gasteiger partial charge is 0.367 e. The average molecular weight is 250 g/mol. The number of nitrogens with zero attached hydrogens (tertiary/aromatic N) is 2. The predicted molar refractivity (Wildman–Crippen MR) is 60.7 cm³/mol. The molecule has 8 heteroatoms. The zero-order chi connectivity index (χ0) is 13.1. The number of rotatable bonds is 3. The van der Waals surface area contributed by atoms with Gasteiger partial charge in [-0.1, -0.05) is 0 Å². The molecular formula is C10H10N4O4. The summed E-state index contributed by atoms with van der Waals surface area (Å²) >= 11 is 0. The third-order valence-corrected chi connectivity index (χ3v) is 2.17. The minimum atomic E-state index is -0.835. The van der Waals surface area contributed by atoms with Crippen molar-refractivity contribution in [1.29, 1.82) is 0 Å². The van der Waals surface area contributed by atoms with Crippen molar-refractivity contribution in [2.75, 3.05) is 5.43 Å². The second kappa shape index (κ2) is 4.63. The van der Waals surface area contributed by atoms with Gasteiger partial charge in [-0.2, -0.15) is 0 Å². The van der Waals surface area contributed by atoms with E-state index in [1.807, 2.05) is 0 Å². The Labute approximate surface area is 101 Å². The quantitative estimate of drug-likeness (QED) is 0.441. The third kappa shape index (κ3) is 2.04. The molecule has 2 aromatic rings. The van der Waals surface area contributed by atoms with E-state index in [1.165, 1.54) is 30.6 Å². The summed E-state index contributed by atoms with van der Waals surface area (Å²) in [6.45, 7) is 0. The molecule has 0 aliphatic carbocycles. The lowest BCUT2D eigenvalue weighted by Gasteiger charge is -2.09. The fourth-order valence-corrected chi connectivity index (χ4v) is 1.31. The SMILES string of the molecule is NNc1ccncc1C(=O)On1c(O)ccc1O. The molecule has 0 spiro atoms. The largest absolute Gasteiger partial charge is 0.492 e. The summed E-state index contributed by atoms with van der Waals surface area (Å²) in [5.41, 5.74) is 2.68. The second-order valence-electron chi connectivity index (χ2n) is 3.29. The minimum Gasteiger partial charge on any atom is -0.492 e. The van der Waals surface area contributed by atoms with Gasteiger partial charge in [-0.05, 0) is 6.07 Å². The van der Waals surface area contributed by atoms with Gasteiger partial charge in [-0.3, -0.25) is 10.8 Å². The van der Waals surface area contributed by atoms with Crippen molar-refractivity contribution in [3.05, 3.63) is 36.2 Å². The fourth-order valence-electron chi connectivity index (χ4n) is 1.31. The number of carbonyl (C=O) groups is 1. The van der Waals surface area contributed by atoms with Crippen molar-refractivity contribution in [2.45, 2.75) is 0 Å². The van der Waals surface area contributed by atoms with Crippen LogP contribution in [0.4, 0.5) is 5.69 Å².